The Balaban J connectivity index is 1.64. The number of benzene rings is 1. The van der Waals surface area contributed by atoms with Crippen molar-refractivity contribution in [1.29, 1.82) is 5.26 Å². The molecule has 3 rings (SSSR count). The average Bonchev–Trinajstić information content (AvgIpc) is 3.09. The normalized spacial score (nSPS) is 10.5. The molecule has 0 aliphatic carbocycles. The number of aromatic nitrogens is 3. The third-order valence-corrected chi connectivity index (χ3v) is 4.64. The van der Waals surface area contributed by atoms with E-state index in [1.54, 1.807) is 16.6 Å². The number of nitriles is 1. The Labute approximate surface area is 162 Å². The number of fused-ring (bicyclic) bond motifs is 1. The van der Waals surface area contributed by atoms with Crippen LogP contribution >= 0.6 is 0 Å². The lowest BCUT2D eigenvalue weighted by atomic mass is 10.1. The predicted octanol–water partition coefficient (Wildman–Crippen LogP) is 1.92. The van der Waals surface area contributed by atoms with Gasteiger partial charge < -0.3 is 0 Å². The Kier molecular flexibility index (Phi) is 5.36. The molecule has 0 saturated heterocycles. The van der Waals surface area contributed by atoms with Gasteiger partial charge >= 0.3 is 0 Å². The number of hydrazine groups is 1. The first-order chi connectivity index (χ1) is 13.4. The van der Waals surface area contributed by atoms with Crippen LogP contribution in [0.2, 0.25) is 0 Å². The van der Waals surface area contributed by atoms with Gasteiger partial charge in [-0.05, 0) is 44.4 Å². The van der Waals surface area contributed by atoms with E-state index in [-0.39, 0.29) is 18.2 Å². The quantitative estimate of drug-likeness (QED) is 0.676. The number of rotatable bonds is 4. The smallest absolute Gasteiger partial charge is 0.269 e. The molecule has 8 nitrogen and oxygen atoms in total. The minimum absolute atomic E-state index is 0.176. The molecule has 2 aromatic heterocycles. The number of nitrogens with zero attached hydrogens (tertiary/aromatic N) is 4. The van der Waals surface area contributed by atoms with Crippen molar-refractivity contribution in [3.63, 3.8) is 0 Å². The molecule has 142 valence electrons. The minimum Gasteiger partial charge on any atom is -0.273 e. The predicted molar refractivity (Wildman–Crippen MR) is 102 cm³/mol. The Morgan fingerprint density at radius 1 is 1.18 bits per heavy atom. The van der Waals surface area contributed by atoms with E-state index >= 15 is 0 Å². The molecule has 0 bridgehead atoms. The van der Waals surface area contributed by atoms with E-state index in [4.69, 9.17) is 5.26 Å². The number of amides is 2. The monoisotopic (exact) mass is 376 g/mol. The number of hydrogen-bond donors (Lipinski definition) is 2. The van der Waals surface area contributed by atoms with Crippen molar-refractivity contribution in [2.24, 2.45) is 0 Å². The standard InChI is InChI=1S/C20H20N6O2/c1-12-6-4-5-7-16(12)20(28)25-24-18(27)9-8-17-13(2)23-19-15(10-21)11-22-26(19)14(17)3/h4-7,11H,8-9H2,1-3H3,(H,24,27)(H,25,28). The molecule has 2 amide bonds. The zero-order chi connectivity index (χ0) is 20.3. The first-order valence-corrected chi connectivity index (χ1v) is 8.81. The van der Waals surface area contributed by atoms with Gasteiger partial charge in [-0.25, -0.2) is 9.50 Å². The highest BCUT2D eigenvalue weighted by molar-refractivity contribution is 5.96. The fraction of sp³-hybridized carbons (Fsp3) is 0.250. The van der Waals surface area contributed by atoms with Gasteiger partial charge in [0.2, 0.25) is 5.91 Å². The maximum atomic E-state index is 12.2. The Morgan fingerprint density at radius 3 is 2.64 bits per heavy atom. The van der Waals surface area contributed by atoms with Crippen LogP contribution in [0, 0.1) is 32.1 Å². The SMILES string of the molecule is Cc1ccccc1C(=O)NNC(=O)CCc1c(C)nc2c(C#N)cnn2c1C. The number of carbonyl (C=O) groups is 2. The van der Waals surface area contributed by atoms with E-state index in [1.165, 1.54) is 6.20 Å². The molecule has 28 heavy (non-hydrogen) atoms. The summed E-state index contributed by atoms with van der Waals surface area (Å²) in [6, 6.07) is 9.21. The summed E-state index contributed by atoms with van der Waals surface area (Å²) in [6.45, 7) is 5.55. The highest BCUT2D eigenvalue weighted by atomic mass is 16.2. The third-order valence-electron chi connectivity index (χ3n) is 4.64. The van der Waals surface area contributed by atoms with Crippen molar-refractivity contribution in [2.45, 2.75) is 33.6 Å². The zero-order valence-electron chi connectivity index (χ0n) is 15.9. The van der Waals surface area contributed by atoms with Crippen molar-refractivity contribution >= 4 is 17.5 Å². The largest absolute Gasteiger partial charge is 0.273 e. The molecule has 2 heterocycles. The molecule has 0 aliphatic heterocycles. The Hall–Kier alpha value is -3.73. The van der Waals surface area contributed by atoms with Crippen LogP contribution in [0.5, 0.6) is 0 Å². The number of nitrogens with one attached hydrogen (secondary N) is 2. The molecule has 0 spiro atoms. The van der Waals surface area contributed by atoms with Crippen molar-refractivity contribution in [2.75, 3.05) is 0 Å². The van der Waals surface area contributed by atoms with Gasteiger partial charge in [0.15, 0.2) is 5.65 Å². The molecule has 0 saturated carbocycles. The van der Waals surface area contributed by atoms with Gasteiger partial charge in [-0.15, -0.1) is 0 Å². The lowest BCUT2D eigenvalue weighted by Gasteiger charge is -2.12. The van der Waals surface area contributed by atoms with Gasteiger partial charge in [0.05, 0.1) is 6.20 Å². The number of hydrogen-bond acceptors (Lipinski definition) is 5. The first-order valence-electron chi connectivity index (χ1n) is 8.81. The Morgan fingerprint density at radius 2 is 1.93 bits per heavy atom. The lowest BCUT2D eigenvalue weighted by molar-refractivity contribution is -0.121. The van der Waals surface area contributed by atoms with Crippen molar-refractivity contribution in [3.05, 3.63) is 64.1 Å². The van der Waals surface area contributed by atoms with Gasteiger partial charge in [-0.2, -0.15) is 10.4 Å². The maximum absolute atomic E-state index is 12.2. The fourth-order valence-corrected chi connectivity index (χ4v) is 3.07. The van der Waals surface area contributed by atoms with E-state index in [0.29, 0.717) is 23.2 Å². The van der Waals surface area contributed by atoms with Gasteiger partial charge in [0.1, 0.15) is 11.6 Å². The highest BCUT2D eigenvalue weighted by Gasteiger charge is 2.15. The summed E-state index contributed by atoms with van der Waals surface area (Å²) in [4.78, 5) is 28.8. The second-order valence-corrected chi connectivity index (χ2v) is 6.48. The topological polar surface area (TPSA) is 112 Å². The van der Waals surface area contributed by atoms with Crippen molar-refractivity contribution in [3.8, 4) is 6.07 Å². The van der Waals surface area contributed by atoms with Crippen molar-refractivity contribution in [1.82, 2.24) is 25.4 Å². The van der Waals surface area contributed by atoms with Crippen LogP contribution in [0.3, 0.4) is 0 Å². The van der Waals surface area contributed by atoms with E-state index in [0.717, 1.165) is 22.5 Å². The summed E-state index contributed by atoms with van der Waals surface area (Å²) in [5.41, 5.74) is 9.62. The molecular formula is C20H20N6O2. The van der Waals surface area contributed by atoms with E-state index in [9.17, 15) is 9.59 Å². The van der Waals surface area contributed by atoms with Gasteiger partial charge in [0, 0.05) is 23.4 Å². The average molecular weight is 376 g/mol. The summed E-state index contributed by atoms with van der Waals surface area (Å²) >= 11 is 0. The number of aryl methyl sites for hydroxylation is 3. The maximum Gasteiger partial charge on any atom is 0.269 e. The molecule has 0 unspecified atom stereocenters. The summed E-state index contributed by atoms with van der Waals surface area (Å²) in [5.74, 6) is -0.665. The first kappa shape index (κ1) is 19.0. The molecule has 3 aromatic rings. The molecule has 2 N–H and O–H groups in total. The summed E-state index contributed by atoms with van der Waals surface area (Å²) in [7, 11) is 0. The van der Waals surface area contributed by atoms with Gasteiger partial charge in [0.25, 0.3) is 5.91 Å². The highest BCUT2D eigenvalue weighted by Crippen LogP contribution is 2.18. The van der Waals surface area contributed by atoms with Crippen LogP contribution in [0.4, 0.5) is 0 Å². The van der Waals surface area contributed by atoms with E-state index < -0.39 is 0 Å². The molecule has 0 atom stereocenters. The minimum atomic E-state index is -0.359. The molecular weight excluding hydrogens is 356 g/mol. The van der Waals surface area contributed by atoms with E-state index in [2.05, 4.69) is 27.0 Å². The number of carbonyl (C=O) groups excluding carboxylic acids is 2. The van der Waals surface area contributed by atoms with Crippen LogP contribution in [0.1, 0.15) is 44.9 Å². The van der Waals surface area contributed by atoms with Crippen LogP contribution < -0.4 is 10.9 Å². The summed E-state index contributed by atoms with van der Waals surface area (Å²) in [5, 5.41) is 13.3. The molecule has 0 fully saturated rings. The lowest BCUT2D eigenvalue weighted by Crippen LogP contribution is -2.42. The molecule has 8 heteroatoms. The van der Waals surface area contributed by atoms with Crippen LogP contribution in [0.25, 0.3) is 5.65 Å². The van der Waals surface area contributed by atoms with Crippen LogP contribution in [-0.4, -0.2) is 26.4 Å². The zero-order valence-corrected chi connectivity index (χ0v) is 15.9. The summed E-state index contributed by atoms with van der Waals surface area (Å²) in [6.07, 6.45) is 2.09. The van der Waals surface area contributed by atoms with Crippen LogP contribution in [0.15, 0.2) is 30.5 Å². The molecule has 0 radical (unpaired) electrons. The molecule has 1 aromatic carbocycles. The fourth-order valence-electron chi connectivity index (χ4n) is 3.07. The third kappa shape index (κ3) is 3.69. The Bertz CT molecular complexity index is 1110. The van der Waals surface area contributed by atoms with Gasteiger partial charge in [-0.3, -0.25) is 20.4 Å². The second-order valence-electron chi connectivity index (χ2n) is 6.48. The van der Waals surface area contributed by atoms with Crippen molar-refractivity contribution < 1.29 is 9.59 Å². The van der Waals surface area contributed by atoms with E-state index in [1.807, 2.05) is 32.9 Å². The van der Waals surface area contributed by atoms with Crippen LogP contribution in [-0.2, 0) is 11.2 Å². The van der Waals surface area contributed by atoms with Gasteiger partial charge in [-0.1, -0.05) is 18.2 Å². The molecule has 0 aliphatic rings. The summed E-state index contributed by atoms with van der Waals surface area (Å²) < 4.78 is 1.61. The second kappa shape index (κ2) is 7.88.